The largest absolute Gasteiger partial charge is 0.663 e. The van der Waals surface area contributed by atoms with Crippen molar-refractivity contribution in [2.24, 2.45) is 5.73 Å². The van der Waals surface area contributed by atoms with Gasteiger partial charge in [-0.1, -0.05) is 0 Å². The first-order valence-corrected chi connectivity index (χ1v) is 9.95. The Morgan fingerprint density at radius 2 is 1.73 bits per heavy atom. The number of hydrogen-bond donors (Lipinski definition) is 5. The van der Waals surface area contributed by atoms with E-state index >= 15 is 0 Å². The fourth-order valence-corrected chi connectivity index (χ4v) is 3.88. The fraction of sp³-hybridized carbons (Fsp3) is 0.650. The average molecular weight is 423 g/mol. The lowest BCUT2D eigenvalue weighted by molar-refractivity contribution is -0.138. The van der Waals surface area contributed by atoms with Crippen molar-refractivity contribution in [1.29, 1.82) is 0 Å². The molecule has 1 saturated heterocycles. The molecule has 0 amide bonds. The van der Waals surface area contributed by atoms with Gasteiger partial charge in [0.05, 0.1) is 18.8 Å². The second-order valence-corrected chi connectivity index (χ2v) is 7.93. The Labute approximate surface area is 177 Å². The molecule has 0 spiro atoms. The van der Waals surface area contributed by atoms with Crippen molar-refractivity contribution in [3.8, 4) is 0 Å². The Hall–Kier alpha value is -1.53. The maximum atomic E-state index is 11.2. The predicted molar refractivity (Wildman–Crippen MR) is 113 cm³/mol. The fourth-order valence-electron chi connectivity index (χ4n) is 3.88. The van der Waals surface area contributed by atoms with E-state index in [4.69, 9.17) is 20.1 Å². The summed E-state index contributed by atoms with van der Waals surface area (Å²) >= 11 is 0. The van der Waals surface area contributed by atoms with Crippen LogP contribution in [0.3, 0.4) is 0 Å². The van der Waals surface area contributed by atoms with Crippen LogP contribution in [-0.4, -0.2) is 84.2 Å². The summed E-state index contributed by atoms with van der Waals surface area (Å²) in [5, 5.41) is 43.3. The van der Waals surface area contributed by atoms with E-state index < -0.39 is 43.5 Å². The van der Waals surface area contributed by atoms with Crippen LogP contribution in [0.1, 0.15) is 27.8 Å². The zero-order valence-corrected chi connectivity index (χ0v) is 18.1. The lowest BCUT2D eigenvalue weighted by Crippen LogP contribution is -2.47. The number of aliphatic hydroxyl groups excluding tert-OH is 3. The van der Waals surface area contributed by atoms with E-state index in [1.165, 1.54) is 7.05 Å². The number of rotatable bonds is 9. The van der Waals surface area contributed by atoms with Crippen molar-refractivity contribution in [3.05, 3.63) is 33.1 Å². The van der Waals surface area contributed by atoms with Crippen molar-refractivity contribution < 1.29 is 34.5 Å². The Kier molecular flexibility index (Phi) is 8.40. The minimum atomic E-state index is -1.41. The van der Waals surface area contributed by atoms with E-state index in [0.717, 1.165) is 33.3 Å². The standard InChI is InChI=1S/C20H32BN2O7/c1-9-11(3)17(12(4)10(2)13(9)6-14(22)20(27)28)21-29-8-16(30-21)19(26)18(25)15(24)7-23-5/h14-16,18-19,24-26H,6-8,22H2,1-5H3,(H,27,28)/q-1/t14?,15-,16+,18+,19+/m0/s1. The Morgan fingerprint density at radius 3 is 2.23 bits per heavy atom. The number of carbonyl (C=O) groups is 1. The smallest absolute Gasteiger partial charge is 0.494 e. The molecule has 0 bridgehead atoms. The minimum absolute atomic E-state index is 0.00573. The normalized spacial score (nSPS) is 20.8. The lowest BCUT2D eigenvalue weighted by atomic mass is 9.70. The molecular formula is C20H32BN2O7-. The molecule has 0 radical (unpaired) electrons. The third-order valence-electron chi connectivity index (χ3n) is 6.02. The van der Waals surface area contributed by atoms with Crippen molar-refractivity contribution in [2.75, 3.05) is 20.2 Å². The van der Waals surface area contributed by atoms with Crippen LogP contribution in [0.4, 0.5) is 0 Å². The van der Waals surface area contributed by atoms with E-state index in [0.29, 0.717) is 0 Å². The molecule has 9 nitrogen and oxygen atoms in total. The highest BCUT2D eigenvalue weighted by atomic mass is 16.6. The van der Waals surface area contributed by atoms with Gasteiger partial charge in [0, 0.05) is 0 Å². The maximum Gasteiger partial charge on any atom is 0.494 e. The first-order chi connectivity index (χ1) is 14.0. The Balaban J connectivity index is 2.26. The molecule has 1 aliphatic rings. The molecule has 0 saturated carbocycles. The number of nitrogens with two attached hydrogens (primary N) is 1. The van der Waals surface area contributed by atoms with Crippen LogP contribution in [0.25, 0.3) is 5.32 Å². The van der Waals surface area contributed by atoms with E-state index in [1.54, 1.807) is 0 Å². The maximum absolute atomic E-state index is 11.2. The van der Waals surface area contributed by atoms with Crippen molar-refractivity contribution in [2.45, 2.75) is 64.6 Å². The SMILES string of the molecule is C[N-]C[C@H](O)[C@@H](O)[C@H](O)[C@H]1COB(c2c(C)c(C)c(CC(N)C(=O)O)c(C)c2C)O1. The van der Waals surface area contributed by atoms with E-state index in [9.17, 15) is 20.1 Å². The number of benzene rings is 1. The van der Waals surface area contributed by atoms with Gasteiger partial charge in [-0.15, -0.1) is 6.54 Å². The first kappa shape index (κ1) is 24.7. The molecule has 5 atom stereocenters. The van der Waals surface area contributed by atoms with Crippen LogP contribution in [0.15, 0.2) is 0 Å². The highest BCUT2D eigenvalue weighted by Crippen LogP contribution is 2.25. The second kappa shape index (κ2) is 10.2. The zero-order chi connectivity index (χ0) is 22.7. The molecule has 2 rings (SSSR count). The summed E-state index contributed by atoms with van der Waals surface area (Å²) in [5.41, 5.74) is 11.1. The lowest BCUT2D eigenvalue weighted by Gasteiger charge is -2.29. The summed E-state index contributed by atoms with van der Waals surface area (Å²) in [5.74, 6) is -1.05. The third kappa shape index (κ3) is 5.02. The molecule has 10 heteroatoms. The first-order valence-electron chi connectivity index (χ1n) is 9.95. The quantitative estimate of drug-likeness (QED) is 0.319. The number of aliphatic carboxylic acids is 1. The predicted octanol–water partition coefficient (Wildman–Crippen LogP) is -0.929. The van der Waals surface area contributed by atoms with Crippen LogP contribution in [0.2, 0.25) is 0 Å². The molecule has 1 heterocycles. The van der Waals surface area contributed by atoms with Gasteiger partial charge in [-0.05, 0) is 67.4 Å². The van der Waals surface area contributed by atoms with Crippen LogP contribution in [-0.2, 0) is 20.5 Å². The number of nitrogens with zero attached hydrogens (tertiary/aromatic N) is 1. The second-order valence-electron chi connectivity index (χ2n) is 7.93. The Bertz CT molecular complexity index is 747. The van der Waals surface area contributed by atoms with Crippen LogP contribution in [0, 0.1) is 27.7 Å². The monoisotopic (exact) mass is 423 g/mol. The molecule has 1 aromatic rings. The van der Waals surface area contributed by atoms with Gasteiger partial charge in [-0.3, -0.25) is 4.79 Å². The number of hydrogen-bond acceptors (Lipinski definition) is 7. The molecule has 30 heavy (non-hydrogen) atoms. The van der Waals surface area contributed by atoms with Gasteiger partial charge in [0.2, 0.25) is 0 Å². The van der Waals surface area contributed by atoms with Gasteiger partial charge in [0.25, 0.3) is 0 Å². The van der Waals surface area contributed by atoms with E-state index in [1.807, 2.05) is 27.7 Å². The van der Waals surface area contributed by atoms with Gasteiger partial charge >= 0.3 is 13.1 Å². The van der Waals surface area contributed by atoms with Crippen LogP contribution >= 0.6 is 0 Å². The Morgan fingerprint density at radius 1 is 1.17 bits per heavy atom. The number of likely N-dealkylation sites (N-methyl/N-ethyl adjacent to an activating group) is 1. The summed E-state index contributed by atoms with van der Waals surface area (Å²) in [4.78, 5) is 11.2. The van der Waals surface area contributed by atoms with Gasteiger partial charge in [-0.25, -0.2) is 0 Å². The highest BCUT2D eigenvalue weighted by molar-refractivity contribution is 6.63. The van der Waals surface area contributed by atoms with Crippen molar-refractivity contribution in [1.82, 2.24) is 0 Å². The molecule has 168 valence electrons. The number of carboxylic acid groups (broad SMARTS) is 1. The third-order valence-corrected chi connectivity index (χ3v) is 6.02. The molecule has 1 fully saturated rings. The molecule has 1 aliphatic heterocycles. The van der Waals surface area contributed by atoms with E-state index in [2.05, 4.69) is 5.32 Å². The van der Waals surface area contributed by atoms with Crippen LogP contribution in [0.5, 0.6) is 0 Å². The summed E-state index contributed by atoms with van der Waals surface area (Å²) in [6, 6.07) is -0.992. The molecule has 1 aromatic carbocycles. The zero-order valence-electron chi connectivity index (χ0n) is 18.1. The molecule has 0 aliphatic carbocycles. The summed E-state index contributed by atoms with van der Waals surface area (Å²) < 4.78 is 11.7. The average Bonchev–Trinajstić information content (AvgIpc) is 3.18. The summed E-state index contributed by atoms with van der Waals surface area (Å²) in [7, 11) is 0.765. The van der Waals surface area contributed by atoms with Crippen molar-refractivity contribution in [3.63, 3.8) is 0 Å². The summed E-state index contributed by atoms with van der Waals surface area (Å²) in [6.45, 7) is 7.69. The molecule has 0 aromatic heterocycles. The van der Waals surface area contributed by atoms with E-state index in [-0.39, 0.29) is 19.6 Å². The van der Waals surface area contributed by atoms with Gasteiger partial charge < -0.3 is 40.8 Å². The summed E-state index contributed by atoms with van der Waals surface area (Å²) in [6.07, 6.45) is -4.53. The van der Waals surface area contributed by atoms with Crippen molar-refractivity contribution >= 4 is 18.6 Å². The molecule has 6 N–H and O–H groups in total. The molecular weight excluding hydrogens is 391 g/mol. The van der Waals surface area contributed by atoms with Gasteiger partial charge in [-0.2, -0.15) is 7.05 Å². The topological polar surface area (TPSA) is 157 Å². The number of aliphatic hydroxyl groups is 3. The minimum Gasteiger partial charge on any atom is -0.663 e. The van der Waals surface area contributed by atoms with Crippen LogP contribution < -0.4 is 11.2 Å². The highest BCUT2D eigenvalue weighted by Gasteiger charge is 2.42. The number of carboxylic acids is 1. The molecule has 1 unspecified atom stereocenters. The van der Waals surface area contributed by atoms with Gasteiger partial charge in [0.15, 0.2) is 0 Å². The van der Waals surface area contributed by atoms with Gasteiger partial charge in [0.1, 0.15) is 18.2 Å².